The lowest BCUT2D eigenvalue weighted by Gasteiger charge is -2.14. The summed E-state index contributed by atoms with van der Waals surface area (Å²) in [6.45, 7) is 5.90. The Bertz CT molecular complexity index is 733. The summed E-state index contributed by atoms with van der Waals surface area (Å²) in [6.07, 6.45) is 0. The largest absolute Gasteiger partial charge is 0.378 e. The number of benzene rings is 1. The lowest BCUT2D eigenvalue weighted by molar-refractivity contribution is -0.385. The monoisotopic (exact) mass is 302 g/mol. The molecular formula is C14H14N4O2S. The number of nitriles is 1. The topological polar surface area (TPSA) is 91.8 Å². The van der Waals surface area contributed by atoms with Crippen LogP contribution in [0.15, 0.2) is 18.2 Å². The second-order valence-electron chi connectivity index (χ2n) is 4.65. The number of aromatic nitrogens is 1. The van der Waals surface area contributed by atoms with E-state index in [-0.39, 0.29) is 17.3 Å². The third-order valence-electron chi connectivity index (χ3n) is 3.03. The first-order valence-corrected chi connectivity index (χ1v) is 7.13. The number of anilines is 1. The average molecular weight is 302 g/mol. The van der Waals surface area contributed by atoms with E-state index in [0.717, 1.165) is 15.6 Å². The molecule has 0 radical (unpaired) electrons. The van der Waals surface area contributed by atoms with Crippen molar-refractivity contribution >= 4 is 22.7 Å². The van der Waals surface area contributed by atoms with Gasteiger partial charge in [0.05, 0.1) is 21.7 Å². The van der Waals surface area contributed by atoms with Gasteiger partial charge in [-0.05, 0) is 32.9 Å². The second kappa shape index (κ2) is 5.89. The van der Waals surface area contributed by atoms with Gasteiger partial charge in [-0.1, -0.05) is 0 Å². The lowest BCUT2D eigenvalue weighted by Crippen LogP contribution is -2.06. The quantitative estimate of drug-likeness (QED) is 0.686. The summed E-state index contributed by atoms with van der Waals surface area (Å²) in [4.78, 5) is 15.8. The molecule has 0 amide bonds. The van der Waals surface area contributed by atoms with Crippen molar-refractivity contribution in [3.8, 4) is 6.07 Å². The predicted molar refractivity (Wildman–Crippen MR) is 81.4 cm³/mol. The van der Waals surface area contributed by atoms with Gasteiger partial charge < -0.3 is 5.32 Å². The van der Waals surface area contributed by atoms with Crippen LogP contribution in [0.3, 0.4) is 0 Å². The molecule has 0 saturated carbocycles. The first-order chi connectivity index (χ1) is 9.92. The zero-order valence-electron chi connectivity index (χ0n) is 11.9. The molecule has 1 aromatic carbocycles. The van der Waals surface area contributed by atoms with Crippen LogP contribution < -0.4 is 5.32 Å². The highest BCUT2D eigenvalue weighted by Crippen LogP contribution is 2.29. The van der Waals surface area contributed by atoms with Crippen molar-refractivity contribution in [3.05, 3.63) is 49.5 Å². The molecule has 1 aromatic heterocycles. The van der Waals surface area contributed by atoms with Gasteiger partial charge in [-0.2, -0.15) is 5.26 Å². The van der Waals surface area contributed by atoms with Crippen molar-refractivity contribution in [2.75, 3.05) is 5.32 Å². The van der Waals surface area contributed by atoms with E-state index >= 15 is 0 Å². The van der Waals surface area contributed by atoms with Gasteiger partial charge in [0.15, 0.2) is 0 Å². The molecule has 2 aromatic rings. The SMILES string of the molecule is Cc1nc(C)c(C(C)Nc2ccc([N+](=O)[O-])c(C#N)c2)s1. The van der Waals surface area contributed by atoms with Crippen LogP contribution in [0.1, 0.15) is 34.1 Å². The third kappa shape index (κ3) is 3.17. The van der Waals surface area contributed by atoms with Crippen molar-refractivity contribution in [2.24, 2.45) is 0 Å². The zero-order chi connectivity index (χ0) is 15.6. The summed E-state index contributed by atoms with van der Waals surface area (Å²) in [5.41, 5.74) is 1.52. The summed E-state index contributed by atoms with van der Waals surface area (Å²) in [5, 5.41) is 24.1. The Morgan fingerprint density at radius 3 is 2.71 bits per heavy atom. The minimum absolute atomic E-state index is 0.0178. The number of nitrogens with one attached hydrogen (secondary N) is 1. The maximum atomic E-state index is 10.8. The molecule has 1 N–H and O–H groups in total. The molecule has 0 aliphatic heterocycles. The van der Waals surface area contributed by atoms with E-state index in [4.69, 9.17) is 5.26 Å². The Morgan fingerprint density at radius 1 is 1.48 bits per heavy atom. The van der Waals surface area contributed by atoms with Crippen LogP contribution in [-0.2, 0) is 0 Å². The first-order valence-electron chi connectivity index (χ1n) is 6.31. The van der Waals surface area contributed by atoms with Gasteiger partial charge in [-0.3, -0.25) is 10.1 Å². The molecule has 0 spiro atoms. The van der Waals surface area contributed by atoms with Gasteiger partial charge in [0.1, 0.15) is 11.6 Å². The molecule has 1 atom stereocenters. The molecule has 0 fully saturated rings. The van der Waals surface area contributed by atoms with Crippen LogP contribution in [0.25, 0.3) is 0 Å². The lowest BCUT2D eigenvalue weighted by atomic mass is 10.1. The highest BCUT2D eigenvalue weighted by molar-refractivity contribution is 7.11. The third-order valence-corrected chi connectivity index (χ3v) is 4.29. The number of rotatable bonds is 4. The minimum atomic E-state index is -0.553. The van der Waals surface area contributed by atoms with Crippen molar-refractivity contribution in [1.29, 1.82) is 5.26 Å². The normalized spacial score (nSPS) is 11.7. The van der Waals surface area contributed by atoms with E-state index in [9.17, 15) is 10.1 Å². The first kappa shape index (κ1) is 14.9. The fourth-order valence-electron chi connectivity index (χ4n) is 2.14. The fraction of sp³-hybridized carbons (Fsp3) is 0.286. The van der Waals surface area contributed by atoms with E-state index in [1.165, 1.54) is 12.1 Å². The number of nitro groups is 1. The molecule has 108 valence electrons. The van der Waals surface area contributed by atoms with Crippen LogP contribution in [-0.4, -0.2) is 9.91 Å². The molecule has 2 rings (SSSR count). The van der Waals surface area contributed by atoms with Gasteiger partial charge in [-0.25, -0.2) is 4.98 Å². The summed E-state index contributed by atoms with van der Waals surface area (Å²) in [6, 6.07) is 6.33. The highest BCUT2D eigenvalue weighted by Gasteiger charge is 2.16. The number of hydrogen-bond donors (Lipinski definition) is 1. The molecular weight excluding hydrogens is 288 g/mol. The molecule has 0 bridgehead atoms. The Kier molecular flexibility index (Phi) is 4.19. The fourth-order valence-corrected chi connectivity index (χ4v) is 3.07. The second-order valence-corrected chi connectivity index (χ2v) is 5.88. The molecule has 7 heteroatoms. The van der Waals surface area contributed by atoms with E-state index in [1.54, 1.807) is 17.4 Å². The standard InChI is InChI=1S/C14H14N4O2S/c1-8-14(21-10(3)16-8)9(2)17-12-4-5-13(18(19)20)11(6-12)7-15/h4-6,9,17H,1-3H3. The van der Waals surface area contributed by atoms with Gasteiger partial charge in [0.2, 0.25) is 0 Å². The molecule has 21 heavy (non-hydrogen) atoms. The Labute approximate surface area is 126 Å². The van der Waals surface area contributed by atoms with E-state index in [1.807, 2.05) is 26.8 Å². The van der Waals surface area contributed by atoms with Crippen LogP contribution in [0, 0.1) is 35.3 Å². The summed E-state index contributed by atoms with van der Waals surface area (Å²) in [7, 11) is 0. The van der Waals surface area contributed by atoms with E-state index in [2.05, 4.69) is 10.3 Å². The average Bonchev–Trinajstić information content (AvgIpc) is 2.77. The van der Waals surface area contributed by atoms with Crippen LogP contribution in [0.5, 0.6) is 0 Å². The van der Waals surface area contributed by atoms with Crippen molar-refractivity contribution in [3.63, 3.8) is 0 Å². The Hall–Kier alpha value is -2.46. The molecule has 1 unspecified atom stereocenters. The minimum Gasteiger partial charge on any atom is -0.378 e. The zero-order valence-corrected chi connectivity index (χ0v) is 12.7. The number of hydrogen-bond acceptors (Lipinski definition) is 6. The smallest absolute Gasteiger partial charge is 0.287 e. The van der Waals surface area contributed by atoms with Crippen LogP contribution in [0.2, 0.25) is 0 Å². The van der Waals surface area contributed by atoms with Crippen LogP contribution in [0.4, 0.5) is 11.4 Å². The summed E-state index contributed by atoms with van der Waals surface area (Å²) >= 11 is 1.61. The van der Waals surface area contributed by atoms with Gasteiger partial charge in [0.25, 0.3) is 5.69 Å². The van der Waals surface area contributed by atoms with E-state index in [0.29, 0.717) is 5.69 Å². The summed E-state index contributed by atoms with van der Waals surface area (Å²) in [5.74, 6) is 0. The van der Waals surface area contributed by atoms with E-state index < -0.39 is 4.92 Å². The molecule has 1 heterocycles. The Balaban J connectivity index is 2.26. The number of nitro benzene ring substituents is 1. The van der Waals surface area contributed by atoms with Gasteiger partial charge in [0, 0.05) is 16.6 Å². The summed E-state index contributed by atoms with van der Waals surface area (Å²) < 4.78 is 0. The highest BCUT2D eigenvalue weighted by atomic mass is 32.1. The molecule has 0 aliphatic rings. The van der Waals surface area contributed by atoms with Gasteiger partial charge >= 0.3 is 0 Å². The number of nitrogens with zero attached hydrogens (tertiary/aromatic N) is 3. The molecule has 6 nitrogen and oxygen atoms in total. The van der Waals surface area contributed by atoms with Gasteiger partial charge in [-0.15, -0.1) is 11.3 Å². The van der Waals surface area contributed by atoms with Crippen LogP contribution >= 0.6 is 11.3 Å². The molecule has 0 aliphatic carbocycles. The molecule has 0 saturated heterocycles. The maximum absolute atomic E-state index is 10.8. The predicted octanol–water partition coefficient (Wildman–Crippen LogP) is 3.71. The maximum Gasteiger partial charge on any atom is 0.287 e. The van der Waals surface area contributed by atoms with Crippen molar-refractivity contribution < 1.29 is 4.92 Å². The number of thiazole rings is 1. The number of aryl methyl sites for hydroxylation is 2. The van der Waals surface area contributed by atoms with Crippen molar-refractivity contribution in [1.82, 2.24) is 4.98 Å². The Morgan fingerprint density at radius 2 is 2.19 bits per heavy atom. The van der Waals surface area contributed by atoms with Crippen molar-refractivity contribution in [2.45, 2.75) is 26.8 Å².